The van der Waals surface area contributed by atoms with Crippen molar-refractivity contribution in [3.63, 3.8) is 0 Å². The van der Waals surface area contributed by atoms with Gasteiger partial charge in [0.05, 0.1) is 9.82 Å². The predicted molar refractivity (Wildman–Crippen MR) is 98.9 cm³/mol. The highest BCUT2D eigenvalue weighted by atomic mass is 32.2. The van der Waals surface area contributed by atoms with Crippen LogP contribution in [0.25, 0.3) is 0 Å². The minimum atomic E-state index is -3.75. The molecule has 0 saturated carbocycles. The Bertz CT molecular complexity index is 965. The fourth-order valence-electron chi connectivity index (χ4n) is 2.98. The zero-order chi connectivity index (χ0) is 19.6. The van der Waals surface area contributed by atoms with Gasteiger partial charge in [0.1, 0.15) is 0 Å². The summed E-state index contributed by atoms with van der Waals surface area (Å²) in [6.07, 6.45) is 0. The summed E-state index contributed by atoms with van der Waals surface area (Å²) in [6, 6.07) is 12.1. The molecule has 1 heterocycles. The Labute approximate surface area is 157 Å². The van der Waals surface area contributed by atoms with E-state index in [4.69, 9.17) is 0 Å². The van der Waals surface area contributed by atoms with Gasteiger partial charge in [-0.3, -0.25) is 14.9 Å². The molecule has 1 aliphatic rings. The predicted octanol–water partition coefficient (Wildman–Crippen LogP) is 2.05. The minimum absolute atomic E-state index is 0.00607. The third-order valence-corrected chi connectivity index (χ3v) is 6.39. The quantitative estimate of drug-likeness (QED) is 0.588. The number of nitro groups is 1. The van der Waals surface area contributed by atoms with Gasteiger partial charge >= 0.3 is 0 Å². The normalized spacial score (nSPS) is 15.5. The number of hydrogen-bond acceptors (Lipinski definition) is 5. The number of rotatable bonds is 4. The molecule has 0 atom stereocenters. The zero-order valence-corrected chi connectivity index (χ0v) is 15.6. The molecule has 9 heteroatoms. The number of nitrogens with zero attached hydrogens (tertiary/aromatic N) is 3. The Morgan fingerprint density at radius 3 is 2.22 bits per heavy atom. The van der Waals surface area contributed by atoms with E-state index in [1.807, 2.05) is 25.1 Å². The molecule has 8 nitrogen and oxygen atoms in total. The highest BCUT2D eigenvalue weighted by Crippen LogP contribution is 2.21. The first-order chi connectivity index (χ1) is 12.8. The topological polar surface area (TPSA) is 101 Å². The van der Waals surface area contributed by atoms with Gasteiger partial charge in [-0.15, -0.1) is 0 Å². The van der Waals surface area contributed by atoms with Crippen molar-refractivity contribution in [1.82, 2.24) is 9.21 Å². The number of aryl methyl sites for hydroxylation is 1. The molecule has 0 bridgehead atoms. The molecule has 2 aromatic carbocycles. The van der Waals surface area contributed by atoms with Crippen LogP contribution in [0.1, 0.15) is 15.9 Å². The number of carbonyl (C=O) groups is 1. The van der Waals surface area contributed by atoms with E-state index in [0.717, 1.165) is 5.56 Å². The number of nitro benzene ring substituents is 1. The van der Waals surface area contributed by atoms with Gasteiger partial charge in [0, 0.05) is 43.9 Å². The fourth-order valence-corrected chi connectivity index (χ4v) is 4.40. The molecule has 142 valence electrons. The monoisotopic (exact) mass is 389 g/mol. The van der Waals surface area contributed by atoms with Gasteiger partial charge in [0.2, 0.25) is 10.0 Å². The third-order valence-electron chi connectivity index (χ3n) is 4.48. The summed E-state index contributed by atoms with van der Waals surface area (Å²) in [5.74, 6) is -0.119. The van der Waals surface area contributed by atoms with Crippen molar-refractivity contribution in [2.24, 2.45) is 0 Å². The molecule has 1 amide bonds. The molecule has 1 fully saturated rings. The Morgan fingerprint density at radius 1 is 1.04 bits per heavy atom. The second kappa shape index (κ2) is 7.45. The molecule has 0 spiro atoms. The van der Waals surface area contributed by atoms with E-state index in [2.05, 4.69) is 0 Å². The molecule has 27 heavy (non-hydrogen) atoms. The van der Waals surface area contributed by atoms with Crippen LogP contribution in [0.2, 0.25) is 0 Å². The molecule has 1 saturated heterocycles. The summed E-state index contributed by atoms with van der Waals surface area (Å²) in [5.41, 5.74) is 1.41. The average Bonchev–Trinajstić information content (AvgIpc) is 2.67. The number of piperazine rings is 1. The lowest BCUT2D eigenvalue weighted by Gasteiger charge is -2.34. The third kappa shape index (κ3) is 3.99. The summed E-state index contributed by atoms with van der Waals surface area (Å²) in [5, 5.41) is 10.7. The molecule has 0 aromatic heterocycles. The average molecular weight is 389 g/mol. The SMILES string of the molecule is Cc1cccc(C(=O)N2CCN(S(=O)(=O)c3ccc([N+](=O)[O-])cc3)CC2)c1. The standard InChI is InChI=1S/C18H19N3O5S/c1-14-3-2-4-15(13-14)18(22)19-9-11-20(12-10-19)27(25,26)17-7-5-16(6-8-17)21(23)24/h2-8,13H,9-12H2,1H3. The van der Waals surface area contributed by atoms with E-state index in [9.17, 15) is 23.3 Å². The fraction of sp³-hybridized carbons (Fsp3) is 0.278. The first-order valence-electron chi connectivity index (χ1n) is 8.39. The van der Waals surface area contributed by atoms with Crippen molar-refractivity contribution in [2.75, 3.05) is 26.2 Å². The lowest BCUT2D eigenvalue weighted by Crippen LogP contribution is -2.50. The van der Waals surface area contributed by atoms with Gasteiger partial charge in [-0.25, -0.2) is 8.42 Å². The molecular weight excluding hydrogens is 370 g/mol. The van der Waals surface area contributed by atoms with Gasteiger partial charge < -0.3 is 4.90 Å². The van der Waals surface area contributed by atoms with Crippen LogP contribution in [0.5, 0.6) is 0 Å². The van der Waals surface area contributed by atoms with Crippen molar-refractivity contribution in [1.29, 1.82) is 0 Å². The number of sulfonamides is 1. The summed E-state index contributed by atoms with van der Waals surface area (Å²) in [7, 11) is -3.75. The van der Waals surface area contributed by atoms with Crippen LogP contribution >= 0.6 is 0 Å². The highest BCUT2D eigenvalue weighted by molar-refractivity contribution is 7.89. The van der Waals surface area contributed by atoms with Crippen molar-refractivity contribution < 1.29 is 18.1 Å². The van der Waals surface area contributed by atoms with Crippen LogP contribution < -0.4 is 0 Å². The summed E-state index contributed by atoms with van der Waals surface area (Å²) < 4.78 is 26.7. The van der Waals surface area contributed by atoms with Crippen molar-refractivity contribution in [3.8, 4) is 0 Å². The highest BCUT2D eigenvalue weighted by Gasteiger charge is 2.30. The molecular formula is C18H19N3O5S. The first-order valence-corrected chi connectivity index (χ1v) is 9.83. The number of amides is 1. The van der Waals surface area contributed by atoms with Gasteiger partial charge in [0.25, 0.3) is 11.6 Å². The first kappa shape index (κ1) is 19.0. The smallest absolute Gasteiger partial charge is 0.269 e. The zero-order valence-electron chi connectivity index (χ0n) is 14.7. The maximum Gasteiger partial charge on any atom is 0.269 e. The van der Waals surface area contributed by atoms with Crippen LogP contribution in [0.4, 0.5) is 5.69 Å². The van der Waals surface area contributed by atoms with E-state index in [-0.39, 0.29) is 29.6 Å². The van der Waals surface area contributed by atoms with E-state index >= 15 is 0 Å². The molecule has 0 aliphatic carbocycles. The Kier molecular flexibility index (Phi) is 5.24. The van der Waals surface area contributed by atoms with Gasteiger partial charge in [-0.05, 0) is 31.2 Å². The summed E-state index contributed by atoms with van der Waals surface area (Å²) in [4.78, 5) is 24.3. The molecule has 3 rings (SSSR count). The largest absolute Gasteiger partial charge is 0.336 e. The Balaban J connectivity index is 1.69. The van der Waals surface area contributed by atoms with Crippen molar-refractivity contribution in [2.45, 2.75) is 11.8 Å². The van der Waals surface area contributed by atoms with Crippen LogP contribution in [-0.4, -0.2) is 54.6 Å². The van der Waals surface area contributed by atoms with E-state index in [0.29, 0.717) is 18.7 Å². The van der Waals surface area contributed by atoms with Crippen LogP contribution in [-0.2, 0) is 10.0 Å². The van der Waals surface area contributed by atoms with Gasteiger partial charge in [-0.2, -0.15) is 4.31 Å². The van der Waals surface area contributed by atoms with Gasteiger partial charge in [0.15, 0.2) is 0 Å². The lowest BCUT2D eigenvalue weighted by atomic mass is 10.1. The number of carbonyl (C=O) groups excluding carboxylic acids is 1. The van der Waals surface area contributed by atoms with Crippen molar-refractivity contribution >= 4 is 21.6 Å². The minimum Gasteiger partial charge on any atom is -0.336 e. The molecule has 0 radical (unpaired) electrons. The van der Waals surface area contributed by atoms with Crippen molar-refractivity contribution in [3.05, 3.63) is 69.8 Å². The molecule has 1 aliphatic heterocycles. The number of hydrogen-bond donors (Lipinski definition) is 0. The van der Waals surface area contributed by atoms with E-state index < -0.39 is 14.9 Å². The molecule has 0 N–H and O–H groups in total. The Hall–Kier alpha value is -2.78. The van der Waals surface area contributed by atoms with Gasteiger partial charge in [-0.1, -0.05) is 17.7 Å². The molecule has 0 unspecified atom stereocenters. The number of benzene rings is 2. The molecule has 2 aromatic rings. The second-order valence-corrected chi connectivity index (χ2v) is 8.25. The maximum absolute atomic E-state index is 12.7. The Morgan fingerprint density at radius 2 is 1.67 bits per heavy atom. The lowest BCUT2D eigenvalue weighted by molar-refractivity contribution is -0.384. The number of non-ortho nitro benzene ring substituents is 1. The van der Waals surface area contributed by atoms with Crippen LogP contribution in [0.3, 0.4) is 0 Å². The van der Waals surface area contributed by atoms with Crippen LogP contribution in [0, 0.1) is 17.0 Å². The van der Waals surface area contributed by atoms with E-state index in [1.54, 1.807) is 11.0 Å². The summed E-state index contributed by atoms with van der Waals surface area (Å²) in [6.45, 7) is 2.84. The van der Waals surface area contributed by atoms with E-state index in [1.165, 1.54) is 28.6 Å². The second-order valence-electron chi connectivity index (χ2n) is 6.32. The maximum atomic E-state index is 12.7. The van der Waals surface area contributed by atoms with Crippen LogP contribution in [0.15, 0.2) is 53.4 Å². The summed E-state index contributed by atoms with van der Waals surface area (Å²) >= 11 is 0.